The van der Waals surface area contributed by atoms with Crippen LogP contribution in [0.25, 0.3) is 11.0 Å². The predicted octanol–water partition coefficient (Wildman–Crippen LogP) is 3.56. The molecule has 29 heavy (non-hydrogen) atoms. The van der Waals surface area contributed by atoms with E-state index in [1.807, 2.05) is 30.3 Å². The summed E-state index contributed by atoms with van der Waals surface area (Å²) in [6.07, 6.45) is 1.42. The molecule has 0 unspecified atom stereocenters. The highest BCUT2D eigenvalue weighted by molar-refractivity contribution is 5.85. The normalized spacial score (nSPS) is 10.7. The fraction of sp³-hybridized carbons (Fsp3) is 0.238. The van der Waals surface area contributed by atoms with E-state index in [2.05, 4.69) is 0 Å². The smallest absolute Gasteiger partial charge is 0.344 e. The summed E-state index contributed by atoms with van der Waals surface area (Å²) in [6, 6.07) is 13.5. The van der Waals surface area contributed by atoms with Gasteiger partial charge in [-0.25, -0.2) is 9.59 Å². The van der Waals surface area contributed by atoms with Crippen molar-refractivity contribution in [3.05, 3.63) is 80.2 Å². The number of nitrogens with zero attached hydrogens (tertiary/aromatic N) is 1. The number of fused-ring (bicyclic) bond motifs is 1. The van der Waals surface area contributed by atoms with Gasteiger partial charge >= 0.3 is 17.3 Å². The van der Waals surface area contributed by atoms with E-state index in [1.54, 1.807) is 6.92 Å². The Kier molecular flexibility index (Phi) is 6.23. The van der Waals surface area contributed by atoms with Gasteiger partial charge in [-0.15, -0.1) is 0 Å². The van der Waals surface area contributed by atoms with Gasteiger partial charge < -0.3 is 13.9 Å². The van der Waals surface area contributed by atoms with Crippen molar-refractivity contribution < 1.29 is 23.6 Å². The lowest BCUT2D eigenvalue weighted by atomic mass is 10.1. The lowest BCUT2D eigenvalue weighted by molar-refractivity contribution is -0.385. The van der Waals surface area contributed by atoms with Crippen LogP contribution in [0.3, 0.4) is 0 Å². The molecule has 0 amide bonds. The van der Waals surface area contributed by atoms with Crippen LogP contribution in [0, 0.1) is 17.0 Å². The summed E-state index contributed by atoms with van der Waals surface area (Å²) in [5.74, 6) is -0.810. The number of benzene rings is 2. The van der Waals surface area contributed by atoms with Crippen LogP contribution in [0.5, 0.6) is 5.75 Å². The third kappa shape index (κ3) is 5.19. The molecule has 0 N–H and O–H groups in total. The highest BCUT2D eigenvalue weighted by atomic mass is 16.6. The molecule has 3 rings (SSSR count). The largest absolute Gasteiger partial charge is 0.475 e. The summed E-state index contributed by atoms with van der Waals surface area (Å²) in [4.78, 5) is 34.2. The van der Waals surface area contributed by atoms with Crippen LogP contribution in [0.1, 0.15) is 17.5 Å². The van der Waals surface area contributed by atoms with Crippen molar-refractivity contribution in [1.82, 2.24) is 0 Å². The molecule has 0 spiro atoms. The Morgan fingerprint density at radius 3 is 2.66 bits per heavy atom. The van der Waals surface area contributed by atoms with Crippen molar-refractivity contribution in [3.63, 3.8) is 0 Å². The molecule has 0 bridgehead atoms. The fourth-order valence-electron chi connectivity index (χ4n) is 2.88. The quantitative estimate of drug-likeness (QED) is 0.188. The van der Waals surface area contributed by atoms with Crippen molar-refractivity contribution >= 4 is 22.6 Å². The number of hydrogen-bond donors (Lipinski definition) is 0. The minimum Gasteiger partial charge on any atom is -0.475 e. The molecule has 0 saturated heterocycles. The SMILES string of the molecule is Cc1cc(=O)oc2cc(OCC(=O)OCCCc3ccccc3)c([N+](=O)[O-])cc12. The molecular formula is C21H19NO7. The predicted molar refractivity (Wildman–Crippen MR) is 105 cm³/mol. The van der Waals surface area contributed by atoms with E-state index in [1.165, 1.54) is 18.2 Å². The Morgan fingerprint density at radius 1 is 1.17 bits per heavy atom. The molecule has 0 fully saturated rings. The van der Waals surface area contributed by atoms with E-state index in [-0.39, 0.29) is 23.6 Å². The topological polar surface area (TPSA) is 109 Å². The first-order valence-electron chi connectivity index (χ1n) is 8.99. The molecule has 1 heterocycles. The standard InChI is InChI=1S/C21H19NO7/c1-14-10-20(23)29-18-12-19(17(22(25)26)11-16(14)18)28-13-21(24)27-9-5-8-15-6-3-2-4-7-15/h2-4,6-7,10-12H,5,8-9,13H2,1H3. The van der Waals surface area contributed by atoms with Crippen molar-refractivity contribution in [2.45, 2.75) is 19.8 Å². The monoisotopic (exact) mass is 397 g/mol. The molecule has 0 saturated carbocycles. The Balaban J connectivity index is 1.61. The molecule has 8 heteroatoms. The molecular weight excluding hydrogens is 378 g/mol. The van der Waals surface area contributed by atoms with Crippen molar-refractivity contribution in [2.24, 2.45) is 0 Å². The summed E-state index contributed by atoms with van der Waals surface area (Å²) in [5.41, 5.74) is 0.929. The zero-order chi connectivity index (χ0) is 20.8. The average molecular weight is 397 g/mol. The molecule has 0 radical (unpaired) electrons. The van der Waals surface area contributed by atoms with E-state index < -0.39 is 23.1 Å². The van der Waals surface area contributed by atoms with Crippen molar-refractivity contribution in [3.8, 4) is 5.75 Å². The zero-order valence-corrected chi connectivity index (χ0v) is 15.8. The number of nitro benzene ring substituents is 1. The molecule has 8 nitrogen and oxygen atoms in total. The Morgan fingerprint density at radius 2 is 1.93 bits per heavy atom. The first-order chi connectivity index (χ1) is 13.9. The summed E-state index contributed by atoms with van der Waals surface area (Å²) in [5, 5.41) is 11.8. The Hall–Kier alpha value is -3.68. The van der Waals surface area contributed by atoms with Crippen molar-refractivity contribution in [1.29, 1.82) is 0 Å². The maximum absolute atomic E-state index is 11.9. The third-order valence-corrected chi connectivity index (χ3v) is 4.29. The number of aryl methyl sites for hydroxylation is 2. The van der Waals surface area contributed by atoms with Crippen LogP contribution in [0.2, 0.25) is 0 Å². The number of rotatable bonds is 8. The highest BCUT2D eigenvalue weighted by Crippen LogP contribution is 2.33. The van der Waals surface area contributed by atoms with Crippen LogP contribution in [0.4, 0.5) is 5.69 Å². The van der Waals surface area contributed by atoms with E-state index in [4.69, 9.17) is 13.9 Å². The number of esters is 1. The molecule has 2 aromatic carbocycles. The van der Waals surface area contributed by atoms with Gasteiger partial charge in [-0.05, 0) is 30.9 Å². The molecule has 0 atom stereocenters. The molecule has 150 valence electrons. The maximum atomic E-state index is 11.9. The van der Waals surface area contributed by atoms with Gasteiger partial charge in [0.15, 0.2) is 6.61 Å². The van der Waals surface area contributed by atoms with Gasteiger partial charge in [0.1, 0.15) is 5.58 Å². The number of nitro groups is 1. The van der Waals surface area contributed by atoms with Crippen LogP contribution < -0.4 is 10.4 Å². The fourth-order valence-corrected chi connectivity index (χ4v) is 2.88. The number of carbonyl (C=O) groups is 1. The molecule has 1 aromatic heterocycles. The molecule has 0 aliphatic rings. The molecule has 3 aromatic rings. The summed E-state index contributed by atoms with van der Waals surface area (Å²) >= 11 is 0. The van der Waals surface area contributed by atoms with Crippen LogP contribution in [0.15, 0.2) is 57.7 Å². The molecule has 0 aliphatic carbocycles. The van der Waals surface area contributed by atoms with E-state index >= 15 is 0 Å². The number of carbonyl (C=O) groups excluding carboxylic acids is 1. The Bertz CT molecular complexity index is 1090. The maximum Gasteiger partial charge on any atom is 0.344 e. The number of hydrogen-bond acceptors (Lipinski definition) is 7. The zero-order valence-electron chi connectivity index (χ0n) is 15.8. The minimum atomic E-state index is -0.641. The number of ether oxygens (including phenoxy) is 2. The van der Waals surface area contributed by atoms with Crippen LogP contribution in [-0.2, 0) is 16.0 Å². The summed E-state index contributed by atoms with van der Waals surface area (Å²) < 4.78 is 15.5. The van der Waals surface area contributed by atoms with Gasteiger partial charge in [0.05, 0.1) is 11.5 Å². The van der Waals surface area contributed by atoms with E-state index in [9.17, 15) is 19.7 Å². The summed E-state index contributed by atoms with van der Waals surface area (Å²) in [6.45, 7) is 1.37. The van der Waals surface area contributed by atoms with Gasteiger partial charge in [0.2, 0.25) is 5.75 Å². The van der Waals surface area contributed by atoms with E-state index in [0.29, 0.717) is 17.4 Å². The first-order valence-corrected chi connectivity index (χ1v) is 8.99. The Labute approximate surface area is 165 Å². The second-order valence-corrected chi connectivity index (χ2v) is 6.42. The lowest BCUT2D eigenvalue weighted by Crippen LogP contribution is -2.16. The van der Waals surface area contributed by atoms with Gasteiger partial charge in [0.25, 0.3) is 0 Å². The van der Waals surface area contributed by atoms with Crippen LogP contribution in [-0.4, -0.2) is 24.1 Å². The first kappa shape index (κ1) is 20.1. The summed E-state index contributed by atoms with van der Waals surface area (Å²) in [7, 11) is 0. The highest BCUT2D eigenvalue weighted by Gasteiger charge is 2.20. The van der Waals surface area contributed by atoms with Gasteiger partial charge in [-0.1, -0.05) is 30.3 Å². The molecule has 0 aliphatic heterocycles. The van der Waals surface area contributed by atoms with E-state index in [0.717, 1.165) is 12.0 Å². The van der Waals surface area contributed by atoms with Gasteiger partial charge in [-0.2, -0.15) is 0 Å². The van der Waals surface area contributed by atoms with Crippen LogP contribution >= 0.6 is 0 Å². The van der Waals surface area contributed by atoms with Gasteiger partial charge in [0, 0.05) is 23.6 Å². The average Bonchev–Trinajstić information content (AvgIpc) is 2.69. The lowest BCUT2D eigenvalue weighted by Gasteiger charge is -2.09. The second kappa shape index (κ2) is 9.01. The third-order valence-electron chi connectivity index (χ3n) is 4.29. The van der Waals surface area contributed by atoms with Gasteiger partial charge in [-0.3, -0.25) is 10.1 Å². The minimum absolute atomic E-state index is 0.145. The van der Waals surface area contributed by atoms with Crippen molar-refractivity contribution in [2.75, 3.05) is 13.2 Å². The second-order valence-electron chi connectivity index (χ2n) is 6.42.